The van der Waals surface area contributed by atoms with Crippen molar-refractivity contribution in [3.63, 3.8) is 0 Å². The van der Waals surface area contributed by atoms with E-state index in [1.165, 1.54) is 122 Å². The van der Waals surface area contributed by atoms with E-state index in [1.54, 1.807) is 0 Å². The van der Waals surface area contributed by atoms with Gasteiger partial charge in [-0.15, -0.1) is 0 Å². The third-order valence-corrected chi connectivity index (χ3v) is 5.19. The van der Waals surface area contributed by atoms with E-state index in [-0.39, 0.29) is 0 Å². The lowest BCUT2D eigenvalue weighted by atomic mass is 10.1. The van der Waals surface area contributed by atoms with Gasteiger partial charge in [-0.3, -0.25) is 0 Å². The second-order valence-corrected chi connectivity index (χ2v) is 7.96. The highest BCUT2D eigenvalue weighted by Crippen LogP contribution is 2.09. The number of ether oxygens (including phenoxy) is 1. The average Bonchev–Trinajstić information content (AvgIpc) is 2.66. The number of allylic oxidation sites excluding steroid dienone is 2. The number of unbranched alkanes of at least 4 members (excludes halogenated alkanes) is 16. The Morgan fingerprint density at radius 1 is 0.423 bits per heavy atom. The highest BCUT2D eigenvalue weighted by molar-refractivity contribution is 4.81. The first-order valence-corrected chi connectivity index (χ1v) is 12.1. The predicted octanol–water partition coefficient (Wildman–Crippen LogP) is 9.01. The number of hydrogen-bond donors (Lipinski definition) is 0. The third-order valence-electron chi connectivity index (χ3n) is 5.19. The first kappa shape index (κ1) is 25.7. The molecule has 0 amide bonds. The van der Waals surface area contributed by atoms with Gasteiger partial charge in [-0.25, -0.2) is 0 Å². The molecule has 0 fully saturated rings. The lowest BCUT2D eigenvalue weighted by molar-refractivity contribution is 0.125. The molecule has 0 heterocycles. The Kier molecular flexibility index (Phi) is 24.4. The average molecular weight is 367 g/mol. The van der Waals surface area contributed by atoms with Crippen LogP contribution in [0.15, 0.2) is 12.2 Å². The maximum atomic E-state index is 5.74. The largest absolute Gasteiger partial charge is 0.381 e. The fraction of sp³-hybridized carbons (Fsp3) is 0.920. The van der Waals surface area contributed by atoms with Gasteiger partial charge in [-0.1, -0.05) is 109 Å². The fourth-order valence-electron chi connectivity index (χ4n) is 3.36. The van der Waals surface area contributed by atoms with Crippen molar-refractivity contribution in [3.8, 4) is 0 Å². The van der Waals surface area contributed by atoms with Crippen LogP contribution in [0.3, 0.4) is 0 Å². The Labute approximate surface area is 166 Å². The second-order valence-electron chi connectivity index (χ2n) is 7.96. The van der Waals surface area contributed by atoms with Crippen molar-refractivity contribution in [3.05, 3.63) is 12.2 Å². The monoisotopic (exact) mass is 366 g/mol. The van der Waals surface area contributed by atoms with E-state index in [0.717, 1.165) is 13.2 Å². The number of hydrogen-bond acceptors (Lipinski definition) is 1. The summed E-state index contributed by atoms with van der Waals surface area (Å²) in [7, 11) is 0. The second kappa shape index (κ2) is 24.7. The SMILES string of the molecule is CCCCCCCC/C=C/CCCCCCCOCCCCCCCC. The van der Waals surface area contributed by atoms with Crippen LogP contribution in [0.25, 0.3) is 0 Å². The van der Waals surface area contributed by atoms with Gasteiger partial charge in [0, 0.05) is 13.2 Å². The molecular weight excluding hydrogens is 316 g/mol. The molecular formula is C25H50O. The van der Waals surface area contributed by atoms with E-state index in [0.29, 0.717) is 0 Å². The molecule has 0 spiro atoms. The van der Waals surface area contributed by atoms with E-state index >= 15 is 0 Å². The number of rotatable bonds is 22. The molecule has 0 saturated heterocycles. The minimum atomic E-state index is 0.979. The maximum Gasteiger partial charge on any atom is 0.0466 e. The van der Waals surface area contributed by atoms with Crippen LogP contribution in [0.4, 0.5) is 0 Å². The lowest BCUT2D eigenvalue weighted by Crippen LogP contribution is -1.97. The minimum absolute atomic E-state index is 0.979. The van der Waals surface area contributed by atoms with Gasteiger partial charge in [0.05, 0.1) is 0 Å². The van der Waals surface area contributed by atoms with Gasteiger partial charge < -0.3 is 4.74 Å². The molecule has 0 aromatic rings. The minimum Gasteiger partial charge on any atom is -0.381 e. The molecule has 0 bridgehead atoms. The predicted molar refractivity (Wildman–Crippen MR) is 119 cm³/mol. The Morgan fingerprint density at radius 2 is 0.769 bits per heavy atom. The van der Waals surface area contributed by atoms with Crippen molar-refractivity contribution in [2.75, 3.05) is 13.2 Å². The molecule has 0 unspecified atom stereocenters. The highest BCUT2D eigenvalue weighted by Gasteiger charge is 1.93. The van der Waals surface area contributed by atoms with Crippen LogP contribution in [0.5, 0.6) is 0 Å². The Hall–Kier alpha value is -0.300. The molecule has 1 heteroatoms. The van der Waals surface area contributed by atoms with Crippen LogP contribution in [0.1, 0.15) is 136 Å². The standard InChI is InChI=1S/C25H50O/c1-3-5-7-9-11-12-13-14-15-16-17-18-19-21-23-25-26-24-22-20-10-8-6-4-2/h14-15H,3-13,16-25H2,1-2H3/b15-14+. The molecule has 0 radical (unpaired) electrons. The van der Waals surface area contributed by atoms with Crippen LogP contribution >= 0.6 is 0 Å². The van der Waals surface area contributed by atoms with Gasteiger partial charge in [-0.2, -0.15) is 0 Å². The summed E-state index contributed by atoms with van der Waals surface area (Å²) in [5, 5.41) is 0. The van der Waals surface area contributed by atoms with Gasteiger partial charge in [0.15, 0.2) is 0 Å². The molecule has 0 aliphatic carbocycles. The third kappa shape index (κ3) is 23.7. The zero-order valence-corrected chi connectivity index (χ0v) is 18.4. The summed E-state index contributed by atoms with van der Waals surface area (Å²) in [6.45, 7) is 6.52. The van der Waals surface area contributed by atoms with Crippen molar-refractivity contribution in [1.82, 2.24) is 0 Å². The van der Waals surface area contributed by atoms with Crippen LogP contribution in [-0.2, 0) is 4.74 Å². The molecule has 0 aromatic heterocycles. The van der Waals surface area contributed by atoms with Gasteiger partial charge in [0.2, 0.25) is 0 Å². The van der Waals surface area contributed by atoms with E-state index in [2.05, 4.69) is 26.0 Å². The van der Waals surface area contributed by atoms with Crippen LogP contribution in [0, 0.1) is 0 Å². The Morgan fingerprint density at radius 3 is 1.19 bits per heavy atom. The smallest absolute Gasteiger partial charge is 0.0466 e. The Balaban J connectivity index is 3.03. The van der Waals surface area contributed by atoms with E-state index in [1.807, 2.05) is 0 Å². The van der Waals surface area contributed by atoms with Crippen LogP contribution < -0.4 is 0 Å². The fourth-order valence-corrected chi connectivity index (χ4v) is 3.36. The van der Waals surface area contributed by atoms with Crippen molar-refractivity contribution >= 4 is 0 Å². The quantitative estimate of drug-likeness (QED) is 0.137. The van der Waals surface area contributed by atoms with Crippen LogP contribution in [-0.4, -0.2) is 13.2 Å². The lowest BCUT2D eigenvalue weighted by Gasteiger charge is -2.04. The highest BCUT2D eigenvalue weighted by atomic mass is 16.5. The zero-order valence-electron chi connectivity index (χ0n) is 18.4. The molecule has 26 heavy (non-hydrogen) atoms. The first-order valence-electron chi connectivity index (χ1n) is 12.1. The summed E-state index contributed by atoms with van der Waals surface area (Å²) >= 11 is 0. The van der Waals surface area contributed by atoms with E-state index in [9.17, 15) is 0 Å². The maximum absolute atomic E-state index is 5.74. The summed E-state index contributed by atoms with van der Waals surface area (Å²) in [6, 6.07) is 0. The first-order chi connectivity index (χ1) is 12.9. The summed E-state index contributed by atoms with van der Waals surface area (Å²) in [6.07, 6.45) is 30.7. The summed E-state index contributed by atoms with van der Waals surface area (Å²) in [5.74, 6) is 0. The molecule has 0 aliphatic rings. The van der Waals surface area contributed by atoms with Gasteiger partial charge in [-0.05, 0) is 38.5 Å². The molecule has 0 N–H and O–H groups in total. The van der Waals surface area contributed by atoms with Gasteiger partial charge in [0.1, 0.15) is 0 Å². The normalized spacial score (nSPS) is 11.6. The van der Waals surface area contributed by atoms with E-state index in [4.69, 9.17) is 4.74 Å². The topological polar surface area (TPSA) is 9.23 Å². The summed E-state index contributed by atoms with van der Waals surface area (Å²) in [5.41, 5.74) is 0. The molecule has 1 nitrogen and oxygen atoms in total. The molecule has 0 rings (SSSR count). The molecule has 0 aromatic carbocycles. The zero-order chi connectivity index (χ0) is 19.0. The van der Waals surface area contributed by atoms with Crippen molar-refractivity contribution in [1.29, 1.82) is 0 Å². The van der Waals surface area contributed by atoms with E-state index < -0.39 is 0 Å². The molecule has 0 atom stereocenters. The summed E-state index contributed by atoms with van der Waals surface area (Å²) in [4.78, 5) is 0. The molecule has 0 aliphatic heterocycles. The van der Waals surface area contributed by atoms with Crippen molar-refractivity contribution in [2.24, 2.45) is 0 Å². The molecule has 156 valence electrons. The molecule has 0 saturated carbocycles. The van der Waals surface area contributed by atoms with Crippen LogP contribution in [0.2, 0.25) is 0 Å². The summed E-state index contributed by atoms with van der Waals surface area (Å²) < 4.78 is 5.74. The van der Waals surface area contributed by atoms with Gasteiger partial charge in [0.25, 0.3) is 0 Å². The van der Waals surface area contributed by atoms with Crippen molar-refractivity contribution in [2.45, 2.75) is 136 Å². The van der Waals surface area contributed by atoms with Crippen molar-refractivity contribution < 1.29 is 4.74 Å². The Bertz CT molecular complexity index is 259. The van der Waals surface area contributed by atoms with Gasteiger partial charge >= 0.3 is 0 Å².